The van der Waals surface area contributed by atoms with Crippen molar-refractivity contribution in [2.75, 3.05) is 19.7 Å². The van der Waals surface area contributed by atoms with Gasteiger partial charge in [0.1, 0.15) is 11.9 Å². The van der Waals surface area contributed by atoms with Crippen molar-refractivity contribution >= 4 is 0 Å². The van der Waals surface area contributed by atoms with Gasteiger partial charge >= 0.3 is 0 Å². The van der Waals surface area contributed by atoms with Gasteiger partial charge in [0.2, 0.25) is 6.29 Å². The van der Waals surface area contributed by atoms with Crippen molar-refractivity contribution < 1.29 is 14.6 Å². The Morgan fingerprint density at radius 2 is 1.35 bits per heavy atom. The van der Waals surface area contributed by atoms with Crippen molar-refractivity contribution in [1.29, 1.82) is 0 Å². The first-order chi connectivity index (χ1) is 18.3. The highest BCUT2D eigenvalue weighted by atomic mass is 16.6. The van der Waals surface area contributed by atoms with E-state index in [1.54, 1.807) is 0 Å². The third-order valence-electron chi connectivity index (χ3n) is 7.81. The first-order valence-corrected chi connectivity index (χ1v) is 13.3. The molecule has 2 atom stereocenters. The molecule has 6 rings (SSSR count). The minimum atomic E-state index is -1.06. The molecule has 4 aromatic carbocycles. The molecule has 188 valence electrons. The molecular weight excluding hydrogens is 458 g/mol. The molecule has 4 nitrogen and oxygen atoms in total. The molecule has 0 radical (unpaired) electrons. The predicted octanol–water partition coefficient (Wildman–Crippen LogP) is 5.57. The fraction of sp³-hybridized carbons (Fsp3) is 0.273. The van der Waals surface area contributed by atoms with Gasteiger partial charge in [0, 0.05) is 13.1 Å². The Bertz CT molecular complexity index is 1210. The summed E-state index contributed by atoms with van der Waals surface area (Å²) in [5, 5.41) is 11.3. The summed E-state index contributed by atoms with van der Waals surface area (Å²) in [6, 6.07) is 38.1. The quantitative estimate of drug-likeness (QED) is 0.271. The van der Waals surface area contributed by atoms with Gasteiger partial charge in [0.25, 0.3) is 0 Å². The van der Waals surface area contributed by atoms with Crippen molar-refractivity contribution in [1.82, 2.24) is 4.90 Å². The van der Waals surface area contributed by atoms with Crippen LogP contribution in [-0.2, 0) is 23.1 Å². The van der Waals surface area contributed by atoms with Gasteiger partial charge in [-0.2, -0.15) is 0 Å². The van der Waals surface area contributed by atoms with Gasteiger partial charge in [-0.1, -0.05) is 103 Å². The molecule has 4 aromatic rings. The maximum absolute atomic E-state index is 11.3. The molecule has 0 aromatic heterocycles. The molecule has 1 aliphatic carbocycles. The topological polar surface area (TPSA) is 41.9 Å². The smallest absolute Gasteiger partial charge is 0.225 e. The van der Waals surface area contributed by atoms with E-state index >= 15 is 0 Å². The first-order valence-electron chi connectivity index (χ1n) is 13.3. The highest BCUT2D eigenvalue weighted by Crippen LogP contribution is 2.43. The molecule has 1 N–H and O–H groups in total. The molecule has 37 heavy (non-hydrogen) atoms. The standard InChI is InChI=1S/C33H33NO3/c35-32(37-30-21-11-13-25-12-10-20-29(25)30)31-24-34(22-23-36-31)33(26-14-4-1-5-15-26,27-16-6-2-7-17-27)28-18-8-3-9-19-28/h1-9,11,13-19,21,31-32,35H,10,12,20,22-24H2. The molecule has 1 saturated heterocycles. The highest BCUT2D eigenvalue weighted by Gasteiger charge is 2.45. The molecule has 0 saturated carbocycles. The molecule has 1 aliphatic heterocycles. The number of hydrogen-bond acceptors (Lipinski definition) is 4. The van der Waals surface area contributed by atoms with Crippen LogP contribution < -0.4 is 4.74 Å². The lowest BCUT2D eigenvalue weighted by Gasteiger charge is -2.49. The van der Waals surface area contributed by atoms with Gasteiger partial charge in [-0.3, -0.25) is 4.90 Å². The zero-order chi connectivity index (χ0) is 25.1. The van der Waals surface area contributed by atoms with E-state index in [0.717, 1.165) is 31.6 Å². The average Bonchev–Trinajstić information content (AvgIpc) is 3.46. The second-order valence-corrected chi connectivity index (χ2v) is 9.92. The highest BCUT2D eigenvalue weighted by molar-refractivity contribution is 5.50. The van der Waals surface area contributed by atoms with Crippen LogP contribution in [0.2, 0.25) is 0 Å². The van der Waals surface area contributed by atoms with Crippen LogP contribution in [0.25, 0.3) is 0 Å². The Hall–Kier alpha value is -3.44. The van der Waals surface area contributed by atoms with E-state index in [1.165, 1.54) is 27.8 Å². The molecule has 0 amide bonds. The van der Waals surface area contributed by atoms with Crippen LogP contribution in [-0.4, -0.2) is 42.1 Å². The first kappa shape index (κ1) is 23.9. The third kappa shape index (κ3) is 4.46. The second kappa shape index (κ2) is 10.5. The van der Waals surface area contributed by atoms with Gasteiger partial charge < -0.3 is 14.6 Å². The number of aryl methyl sites for hydroxylation is 1. The van der Waals surface area contributed by atoms with Crippen molar-refractivity contribution in [3.8, 4) is 5.75 Å². The van der Waals surface area contributed by atoms with Crippen LogP contribution in [0.4, 0.5) is 0 Å². The molecule has 0 bridgehead atoms. The number of hydrogen-bond donors (Lipinski definition) is 1. The van der Waals surface area contributed by atoms with E-state index in [2.05, 4.69) is 102 Å². The minimum absolute atomic E-state index is 0.485. The Labute approximate surface area is 219 Å². The second-order valence-electron chi connectivity index (χ2n) is 9.92. The molecule has 1 heterocycles. The summed E-state index contributed by atoms with van der Waals surface area (Å²) >= 11 is 0. The molecule has 0 spiro atoms. The van der Waals surface area contributed by atoms with Crippen LogP contribution in [0, 0.1) is 0 Å². The number of rotatable bonds is 7. The summed E-state index contributed by atoms with van der Waals surface area (Å²) in [4.78, 5) is 2.45. The van der Waals surface area contributed by atoms with Gasteiger partial charge in [0.15, 0.2) is 0 Å². The monoisotopic (exact) mass is 491 g/mol. The fourth-order valence-corrected chi connectivity index (χ4v) is 6.14. The van der Waals surface area contributed by atoms with Crippen LogP contribution in [0.3, 0.4) is 0 Å². The average molecular weight is 492 g/mol. The van der Waals surface area contributed by atoms with Crippen LogP contribution >= 0.6 is 0 Å². The number of morpholine rings is 1. The summed E-state index contributed by atoms with van der Waals surface area (Å²) in [5.74, 6) is 0.781. The molecule has 2 aliphatic rings. The van der Waals surface area contributed by atoms with E-state index in [1.807, 2.05) is 12.1 Å². The van der Waals surface area contributed by atoms with Gasteiger partial charge in [-0.05, 0) is 53.1 Å². The Balaban J connectivity index is 1.39. The number of ether oxygens (including phenoxy) is 2. The van der Waals surface area contributed by atoms with Crippen molar-refractivity contribution in [2.24, 2.45) is 0 Å². The third-order valence-corrected chi connectivity index (χ3v) is 7.81. The number of nitrogens with zero attached hydrogens (tertiary/aromatic N) is 1. The summed E-state index contributed by atoms with van der Waals surface area (Å²) in [6.45, 7) is 1.75. The Morgan fingerprint density at radius 3 is 1.95 bits per heavy atom. The summed E-state index contributed by atoms with van der Waals surface area (Å²) in [6.07, 6.45) is 1.66. The summed E-state index contributed by atoms with van der Waals surface area (Å²) in [7, 11) is 0. The maximum atomic E-state index is 11.3. The number of aliphatic hydroxyl groups is 1. The minimum Gasteiger partial charge on any atom is -0.462 e. The van der Waals surface area contributed by atoms with Crippen molar-refractivity contribution in [3.63, 3.8) is 0 Å². The summed E-state index contributed by atoms with van der Waals surface area (Å²) in [5.41, 5.74) is 5.56. The molecular formula is C33H33NO3. The largest absolute Gasteiger partial charge is 0.462 e. The Morgan fingerprint density at radius 1 is 0.757 bits per heavy atom. The predicted molar refractivity (Wildman–Crippen MR) is 146 cm³/mol. The van der Waals surface area contributed by atoms with Crippen molar-refractivity contribution in [3.05, 3.63) is 137 Å². The lowest BCUT2D eigenvalue weighted by Crippen LogP contribution is -2.58. The molecule has 2 unspecified atom stereocenters. The lowest BCUT2D eigenvalue weighted by molar-refractivity contribution is -0.166. The van der Waals surface area contributed by atoms with E-state index in [0.29, 0.717) is 13.2 Å². The van der Waals surface area contributed by atoms with Gasteiger partial charge in [0.05, 0.1) is 12.1 Å². The van der Waals surface area contributed by atoms with Gasteiger partial charge in [-0.15, -0.1) is 0 Å². The summed E-state index contributed by atoms with van der Waals surface area (Å²) < 4.78 is 12.3. The lowest BCUT2D eigenvalue weighted by atomic mass is 9.75. The zero-order valence-electron chi connectivity index (χ0n) is 21.0. The normalized spacial score (nSPS) is 18.8. The van der Waals surface area contributed by atoms with Crippen LogP contribution in [0.15, 0.2) is 109 Å². The van der Waals surface area contributed by atoms with Crippen LogP contribution in [0.5, 0.6) is 5.75 Å². The SMILES string of the molecule is OC(Oc1cccc2c1CCC2)C1CN(C(c2ccccc2)(c2ccccc2)c2ccccc2)CCO1. The van der Waals surface area contributed by atoms with Gasteiger partial charge in [-0.25, -0.2) is 0 Å². The number of benzene rings is 4. The van der Waals surface area contributed by atoms with E-state index in [-0.39, 0.29) is 0 Å². The van der Waals surface area contributed by atoms with E-state index < -0.39 is 17.9 Å². The maximum Gasteiger partial charge on any atom is 0.225 e. The van der Waals surface area contributed by atoms with E-state index in [4.69, 9.17) is 9.47 Å². The fourth-order valence-electron chi connectivity index (χ4n) is 6.14. The number of fused-ring (bicyclic) bond motifs is 1. The van der Waals surface area contributed by atoms with Crippen molar-refractivity contribution in [2.45, 2.75) is 37.2 Å². The Kier molecular flexibility index (Phi) is 6.79. The molecule has 1 fully saturated rings. The zero-order valence-corrected chi connectivity index (χ0v) is 21.0. The molecule has 4 heteroatoms. The van der Waals surface area contributed by atoms with E-state index in [9.17, 15) is 5.11 Å². The number of aliphatic hydroxyl groups excluding tert-OH is 1. The van der Waals surface area contributed by atoms with Crippen LogP contribution in [0.1, 0.15) is 34.2 Å².